The first-order chi connectivity index (χ1) is 6.20. The van der Waals surface area contributed by atoms with Crippen LogP contribution in [0, 0.1) is 0 Å². The van der Waals surface area contributed by atoms with E-state index in [4.69, 9.17) is 10.6 Å². The van der Waals surface area contributed by atoms with Crippen LogP contribution in [0.5, 0.6) is 0 Å². The second kappa shape index (κ2) is 7.93. The van der Waals surface area contributed by atoms with Crippen LogP contribution in [-0.2, 0) is 14.4 Å². The average Bonchev–Trinajstić information content (AvgIpc) is 2.14. The monoisotopic (exact) mass is 191 g/mol. The number of hydrogen-bond acceptors (Lipinski definition) is 5. The van der Waals surface area contributed by atoms with Crippen LogP contribution < -0.4 is 11.2 Å². The molecule has 13 heavy (non-hydrogen) atoms. The number of ether oxygens (including phenoxy) is 1. The number of carbonyl (C=O) groups is 1. The lowest BCUT2D eigenvalue weighted by atomic mass is 10.4. The van der Waals surface area contributed by atoms with E-state index in [0.29, 0.717) is 26.1 Å². The molecule has 3 N–H and O–H groups in total. The van der Waals surface area contributed by atoms with Gasteiger partial charge in [0.25, 0.3) is 0 Å². The summed E-state index contributed by atoms with van der Waals surface area (Å²) >= 11 is 0. The molecule has 0 aromatic rings. The number of methoxy groups -OCH3 is 1. The molecule has 0 aliphatic heterocycles. The predicted octanol–water partition coefficient (Wildman–Crippen LogP) is -1.12. The molecule has 0 unspecified atom stereocenters. The predicted molar refractivity (Wildman–Crippen MR) is 47.4 cm³/mol. The number of hydroxylamine groups is 1. The van der Waals surface area contributed by atoms with Gasteiger partial charge in [0.05, 0.1) is 13.7 Å². The maximum Gasteiger partial charge on any atom is 0.221 e. The molecule has 0 saturated carbocycles. The van der Waals surface area contributed by atoms with Gasteiger partial charge in [-0.1, -0.05) is 0 Å². The van der Waals surface area contributed by atoms with E-state index in [1.807, 2.05) is 0 Å². The van der Waals surface area contributed by atoms with Gasteiger partial charge in [-0.05, 0) is 0 Å². The van der Waals surface area contributed by atoms with Crippen molar-refractivity contribution < 1.29 is 14.4 Å². The van der Waals surface area contributed by atoms with E-state index in [0.717, 1.165) is 5.17 Å². The molecule has 0 aromatic heterocycles. The van der Waals surface area contributed by atoms with Crippen LogP contribution in [0.15, 0.2) is 0 Å². The number of rotatable bonds is 7. The van der Waals surface area contributed by atoms with Crippen LogP contribution in [0.25, 0.3) is 0 Å². The van der Waals surface area contributed by atoms with Gasteiger partial charge >= 0.3 is 0 Å². The lowest BCUT2D eigenvalue weighted by Gasteiger charge is -2.12. The molecule has 6 heteroatoms. The van der Waals surface area contributed by atoms with Crippen molar-refractivity contribution in [3.63, 3.8) is 0 Å². The molecule has 0 fully saturated rings. The fourth-order valence-electron chi connectivity index (χ4n) is 0.684. The highest BCUT2D eigenvalue weighted by molar-refractivity contribution is 5.75. The van der Waals surface area contributed by atoms with Gasteiger partial charge in [-0.2, -0.15) is 0 Å². The van der Waals surface area contributed by atoms with Gasteiger partial charge in [-0.15, -0.1) is 5.17 Å². The van der Waals surface area contributed by atoms with Gasteiger partial charge < -0.3 is 10.1 Å². The van der Waals surface area contributed by atoms with Crippen molar-refractivity contribution in [2.75, 3.05) is 33.9 Å². The van der Waals surface area contributed by atoms with Gasteiger partial charge in [0.2, 0.25) is 5.91 Å². The number of hydrogen-bond donors (Lipinski definition) is 2. The van der Waals surface area contributed by atoms with Crippen LogP contribution in [0.2, 0.25) is 0 Å². The maximum atomic E-state index is 11.0. The highest BCUT2D eigenvalue weighted by Crippen LogP contribution is 1.83. The Kier molecular flexibility index (Phi) is 7.51. The molecule has 0 saturated heterocycles. The first-order valence-corrected chi connectivity index (χ1v) is 4.02. The molecule has 0 spiro atoms. The van der Waals surface area contributed by atoms with Gasteiger partial charge in [0.15, 0.2) is 0 Å². The maximum absolute atomic E-state index is 11.0. The first kappa shape index (κ1) is 12.3. The SMILES string of the molecule is COCCNC(=O)CCN(N)OC. The van der Waals surface area contributed by atoms with E-state index in [1.54, 1.807) is 7.11 Å². The molecular formula is C7H17N3O3. The van der Waals surface area contributed by atoms with Crippen molar-refractivity contribution in [2.45, 2.75) is 6.42 Å². The quantitative estimate of drug-likeness (QED) is 0.303. The Morgan fingerprint density at radius 1 is 1.54 bits per heavy atom. The molecule has 0 rings (SSSR count). The number of nitrogens with two attached hydrogens (primary N) is 1. The van der Waals surface area contributed by atoms with Crippen LogP contribution in [-0.4, -0.2) is 45.0 Å². The third-order valence-corrected chi connectivity index (χ3v) is 1.42. The zero-order valence-corrected chi connectivity index (χ0v) is 8.08. The minimum absolute atomic E-state index is 0.0652. The molecule has 6 nitrogen and oxygen atoms in total. The average molecular weight is 191 g/mol. The minimum Gasteiger partial charge on any atom is -0.383 e. The molecular weight excluding hydrogens is 174 g/mol. The standard InChI is InChI=1S/C7H17N3O3/c1-12-6-4-9-7(11)3-5-10(8)13-2/h3-6,8H2,1-2H3,(H,9,11). The fourth-order valence-corrected chi connectivity index (χ4v) is 0.684. The van der Waals surface area contributed by atoms with E-state index < -0.39 is 0 Å². The summed E-state index contributed by atoms with van der Waals surface area (Å²) in [6.07, 6.45) is 0.314. The van der Waals surface area contributed by atoms with Crippen molar-refractivity contribution >= 4 is 5.91 Å². The number of amides is 1. The van der Waals surface area contributed by atoms with Crippen molar-refractivity contribution in [1.82, 2.24) is 10.5 Å². The molecule has 0 heterocycles. The van der Waals surface area contributed by atoms with E-state index in [2.05, 4.69) is 10.2 Å². The lowest BCUT2D eigenvalue weighted by Crippen LogP contribution is -2.35. The van der Waals surface area contributed by atoms with Gasteiger partial charge in [0.1, 0.15) is 0 Å². The second-order valence-corrected chi connectivity index (χ2v) is 2.42. The summed E-state index contributed by atoms with van der Waals surface area (Å²) in [5.41, 5.74) is 0. The van der Waals surface area contributed by atoms with Crippen LogP contribution >= 0.6 is 0 Å². The minimum atomic E-state index is -0.0652. The lowest BCUT2D eigenvalue weighted by molar-refractivity contribution is -0.142. The molecule has 0 atom stereocenters. The Morgan fingerprint density at radius 2 is 2.23 bits per heavy atom. The molecule has 0 bridgehead atoms. The summed E-state index contributed by atoms with van der Waals surface area (Å²) in [6, 6.07) is 0. The number of nitrogens with one attached hydrogen (secondary N) is 1. The molecule has 0 aromatic carbocycles. The molecule has 0 aliphatic rings. The fraction of sp³-hybridized carbons (Fsp3) is 0.857. The summed E-state index contributed by atoms with van der Waals surface area (Å²) in [5, 5.41) is 3.77. The zero-order chi connectivity index (χ0) is 10.1. The summed E-state index contributed by atoms with van der Waals surface area (Å²) in [7, 11) is 3.03. The third kappa shape index (κ3) is 7.66. The summed E-state index contributed by atoms with van der Waals surface area (Å²) < 4.78 is 4.76. The Hall–Kier alpha value is -0.690. The molecule has 0 radical (unpaired) electrons. The van der Waals surface area contributed by atoms with Crippen LogP contribution in [0.4, 0.5) is 0 Å². The van der Waals surface area contributed by atoms with Crippen LogP contribution in [0.3, 0.4) is 0 Å². The van der Waals surface area contributed by atoms with Gasteiger partial charge in [0, 0.05) is 26.6 Å². The van der Waals surface area contributed by atoms with Crippen molar-refractivity contribution in [3.05, 3.63) is 0 Å². The molecule has 78 valence electrons. The van der Waals surface area contributed by atoms with Gasteiger partial charge in [-0.25, -0.2) is 5.84 Å². The van der Waals surface area contributed by atoms with E-state index in [1.165, 1.54) is 7.11 Å². The summed E-state index contributed by atoms with van der Waals surface area (Å²) in [5.74, 6) is 5.22. The number of carbonyl (C=O) groups excluding carboxylic acids is 1. The third-order valence-electron chi connectivity index (χ3n) is 1.42. The van der Waals surface area contributed by atoms with Gasteiger partial charge in [-0.3, -0.25) is 9.63 Å². The van der Waals surface area contributed by atoms with E-state index in [-0.39, 0.29) is 5.91 Å². The highest BCUT2D eigenvalue weighted by Gasteiger charge is 2.02. The largest absolute Gasteiger partial charge is 0.383 e. The summed E-state index contributed by atoms with van der Waals surface area (Å²) in [6.45, 7) is 1.41. The number of nitrogens with zero attached hydrogens (tertiary/aromatic N) is 1. The second-order valence-electron chi connectivity index (χ2n) is 2.42. The van der Waals surface area contributed by atoms with Crippen LogP contribution in [0.1, 0.15) is 6.42 Å². The Balaban J connectivity index is 3.30. The molecule has 0 aliphatic carbocycles. The van der Waals surface area contributed by atoms with Crippen molar-refractivity contribution in [2.24, 2.45) is 5.84 Å². The Bertz CT molecular complexity index is 143. The van der Waals surface area contributed by atoms with E-state index in [9.17, 15) is 4.79 Å². The van der Waals surface area contributed by atoms with Crippen molar-refractivity contribution in [1.29, 1.82) is 0 Å². The van der Waals surface area contributed by atoms with Crippen molar-refractivity contribution in [3.8, 4) is 0 Å². The zero-order valence-electron chi connectivity index (χ0n) is 8.08. The topological polar surface area (TPSA) is 76.8 Å². The summed E-state index contributed by atoms with van der Waals surface area (Å²) in [4.78, 5) is 15.7. The normalized spacial score (nSPS) is 10.5. The highest BCUT2D eigenvalue weighted by atomic mass is 16.7. The molecule has 1 amide bonds. The van der Waals surface area contributed by atoms with E-state index >= 15 is 0 Å². The Morgan fingerprint density at radius 3 is 2.77 bits per heavy atom. The number of hydrazine groups is 1. The first-order valence-electron chi connectivity index (χ1n) is 4.02. The Labute approximate surface area is 77.9 Å². The smallest absolute Gasteiger partial charge is 0.221 e.